The normalized spacial score (nSPS) is 15.1. The Kier molecular flexibility index (Phi) is 6.52. The highest BCUT2D eigenvalue weighted by atomic mass is 16.4. The first-order valence-corrected chi connectivity index (χ1v) is 7.36. The highest BCUT2D eigenvalue weighted by molar-refractivity contribution is 5.84. The van der Waals surface area contributed by atoms with Crippen LogP contribution in [0.2, 0.25) is 0 Å². The molecule has 0 aromatic heterocycles. The minimum Gasteiger partial charge on any atom is -0.479 e. The van der Waals surface area contributed by atoms with Crippen LogP contribution in [0.3, 0.4) is 0 Å². The lowest BCUT2D eigenvalue weighted by molar-refractivity contribution is -0.156. The Hall–Kier alpha value is -1.92. The zero-order valence-electron chi connectivity index (χ0n) is 13.2. The van der Waals surface area contributed by atoms with E-state index in [4.69, 9.17) is 5.11 Å². The number of rotatable bonds is 8. The van der Waals surface area contributed by atoms with Crippen LogP contribution in [0.5, 0.6) is 0 Å². The van der Waals surface area contributed by atoms with Crippen molar-refractivity contribution in [2.24, 2.45) is 0 Å². The lowest BCUT2D eigenvalue weighted by Gasteiger charge is -2.30. The number of benzene rings is 1. The minimum atomic E-state index is -1.99. The van der Waals surface area contributed by atoms with Gasteiger partial charge < -0.3 is 15.5 Å². The number of aliphatic carboxylic acids is 1. The van der Waals surface area contributed by atoms with Gasteiger partial charge in [0.1, 0.15) is 6.04 Å². The molecular formula is C16H24N2O4. The summed E-state index contributed by atoms with van der Waals surface area (Å²) in [4.78, 5) is 25.4. The van der Waals surface area contributed by atoms with E-state index < -0.39 is 17.6 Å². The van der Waals surface area contributed by atoms with Crippen LogP contribution in [-0.2, 0) is 9.59 Å². The molecule has 0 aliphatic heterocycles. The second kappa shape index (κ2) is 7.91. The fraction of sp³-hybridized carbons (Fsp3) is 0.500. The summed E-state index contributed by atoms with van der Waals surface area (Å²) in [6.07, 6.45) is 0. The molecule has 6 heteroatoms. The van der Waals surface area contributed by atoms with Crippen molar-refractivity contribution in [2.45, 2.75) is 32.4 Å². The predicted molar refractivity (Wildman–Crippen MR) is 83.4 cm³/mol. The molecule has 0 aliphatic rings. The van der Waals surface area contributed by atoms with Gasteiger partial charge in [0.05, 0.1) is 6.54 Å². The molecule has 0 heterocycles. The molecule has 0 saturated carbocycles. The van der Waals surface area contributed by atoms with Gasteiger partial charge in [-0.2, -0.15) is 0 Å². The van der Waals surface area contributed by atoms with E-state index >= 15 is 0 Å². The highest BCUT2D eigenvalue weighted by Gasteiger charge is 2.32. The van der Waals surface area contributed by atoms with E-state index in [9.17, 15) is 14.7 Å². The van der Waals surface area contributed by atoms with E-state index in [1.165, 1.54) is 0 Å². The molecule has 0 spiro atoms. The Morgan fingerprint density at radius 3 is 2.23 bits per heavy atom. The maximum absolute atomic E-state index is 12.5. The second-order valence-electron chi connectivity index (χ2n) is 5.33. The number of amides is 1. The maximum Gasteiger partial charge on any atom is 0.337 e. The number of nitrogens with zero attached hydrogens (tertiary/aromatic N) is 1. The van der Waals surface area contributed by atoms with Gasteiger partial charge in [-0.05, 0) is 25.6 Å². The van der Waals surface area contributed by atoms with E-state index in [0.29, 0.717) is 13.1 Å². The van der Waals surface area contributed by atoms with Gasteiger partial charge in [0.25, 0.3) is 0 Å². The van der Waals surface area contributed by atoms with Crippen LogP contribution >= 0.6 is 0 Å². The maximum atomic E-state index is 12.5. The molecule has 0 aliphatic carbocycles. The highest BCUT2D eigenvalue weighted by Crippen LogP contribution is 2.20. The number of carbonyl (C=O) groups is 2. The quantitative estimate of drug-likeness (QED) is 0.667. The van der Waals surface area contributed by atoms with E-state index in [-0.39, 0.29) is 12.5 Å². The first kappa shape index (κ1) is 18.1. The van der Waals surface area contributed by atoms with E-state index in [1.807, 2.05) is 49.1 Å². The van der Waals surface area contributed by atoms with Gasteiger partial charge in [-0.3, -0.25) is 9.69 Å². The molecule has 1 amide bonds. The molecule has 3 N–H and O–H groups in total. The van der Waals surface area contributed by atoms with Crippen LogP contribution in [0.1, 0.15) is 32.4 Å². The van der Waals surface area contributed by atoms with Crippen molar-refractivity contribution in [1.29, 1.82) is 0 Å². The number of carboxylic acids is 1. The summed E-state index contributed by atoms with van der Waals surface area (Å²) in [5.74, 6) is -1.69. The molecule has 1 aromatic rings. The van der Waals surface area contributed by atoms with Crippen molar-refractivity contribution < 1.29 is 19.8 Å². The molecule has 0 fully saturated rings. The predicted octanol–water partition coefficient (Wildman–Crippen LogP) is 1.02. The summed E-state index contributed by atoms with van der Waals surface area (Å²) in [6, 6.07) is 8.78. The van der Waals surface area contributed by atoms with E-state index in [2.05, 4.69) is 5.32 Å². The van der Waals surface area contributed by atoms with Gasteiger partial charge in [0, 0.05) is 0 Å². The van der Waals surface area contributed by atoms with Gasteiger partial charge in [-0.1, -0.05) is 44.2 Å². The molecule has 0 saturated heterocycles. The topological polar surface area (TPSA) is 89.9 Å². The number of nitrogens with one attached hydrogen (secondary N) is 1. The SMILES string of the molecule is CCN(CC)C(C(=O)NCC(C)(O)C(=O)O)c1ccccc1. The zero-order valence-corrected chi connectivity index (χ0v) is 13.2. The summed E-state index contributed by atoms with van der Waals surface area (Å²) < 4.78 is 0. The summed E-state index contributed by atoms with van der Waals surface area (Å²) >= 11 is 0. The molecule has 122 valence electrons. The number of hydrogen-bond donors (Lipinski definition) is 3. The molecule has 2 atom stereocenters. The van der Waals surface area contributed by atoms with Crippen LogP contribution in [0.25, 0.3) is 0 Å². The molecule has 1 aromatic carbocycles. The van der Waals surface area contributed by atoms with E-state index in [0.717, 1.165) is 12.5 Å². The van der Waals surface area contributed by atoms with Crippen LogP contribution in [0.4, 0.5) is 0 Å². The second-order valence-corrected chi connectivity index (χ2v) is 5.33. The first-order chi connectivity index (χ1) is 10.3. The number of carbonyl (C=O) groups excluding carboxylic acids is 1. The van der Waals surface area contributed by atoms with Crippen LogP contribution < -0.4 is 5.32 Å². The van der Waals surface area contributed by atoms with Crippen LogP contribution in [0, 0.1) is 0 Å². The van der Waals surface area contributed by atoms with Crippen molar-refractivity contribution in [2.75, 3.05) is 19.6 Å². The zero-order chi connectivity index (χ0) is 16.8. The molecule has 1 rings (SSSR count). The fourth-order valence-electron chi connectivity index (χ4n) is 2.18. The van der Waals surface area contributed by atoms with Gasteiger partial charge in [-0.25, -0.2) is 4.79 Å². The summed E-state index contributed by atoms with van der Waals surface area (Å²) in [5.41, 5.74) is -1.15. The number of likely N-dealkylation sites (N-methyl/N-ethyl adjacent to an activating group) is 1. The van der Waals surface area contributed by atoms with Crippen molar-refractivity contribution in [1.82, 2.24) is 10.2 Å². The van der Waals surface area contributed by atoms with Crippen LogP contribution in [0.15, 0.2) is 30.3 Å². The fourth-order valence-corrected chi connectivity index (χ4v) is 2.18. The lowest BCUT2D eigenvalue weighted by atomic mass is 10.0. The Bertz CT molecular complexity index is 498. The third-order valence-corrected chi connectivity index (χ3v) is 3.61. The lowest BCUT2D eigenvalue weighted by Crippen LogP contribution is -2.49. The molecular weight excluding hydrogens is 284 g/mol. The van der Waals surface area contributed by atoms with Crippen molar-refractivity contribution in [3.05, 3.63) is 35.9 Å². The smallest absolute Gasteiger partial charge is 0.337 e. The van der Waals surface area contributed by atoms with Crippen molar-refractivity contribution in [3.8, 4) is 0 Å². The largest absolute Gasteiger partial charge is 0.479 e. The monoisotopic (exact) mass is 308 g/mol. The van der Waals surface area contributed by atoms with Crippen molar-refractivity contribution in [3.63, 3.8) is 0 Å². The Morgan fingerprint density at radius 1 is 1.23 bits per heavy atom. The standard InChI is InChI=1S/C16H24N2O4/c1-4-18(5-2)13(12-9-7-6-8-10-12)14(19)17-11-16(3,22)15(20)21/h6-10,13,22H,4-5,11H2,1-3H3,(H,17,19)(H,20,21). The van der Waals surface area contributed by atoms with Crippen molar-refractivity contribution >= 4 is 11.9 Å². The molecule has 0 bridgehead atoms. The number of hydrogen-bond acceptors (Lipinski definition) is 4. The Balaban J connectivity index is 2.92. The third-order valence-electron chi connectivity index (χ3n) is 3.61. The Labute approximate surface area is 130 Å². The number of aliphatic hydroxyl groups is 1. The average Bonchev–Trinajstić information content (AvgIpc) is 2.51. The minimum absolute atomic E-state index is 0.323. The summed E-state index contributed by atoms with van der Waals surface area (Å²) in [7, 11) is 0. The van der Waals surface area contributed by atoms with Gasteiger partial charge in [-0.15, -0.1) is 0 Å². The van der Waals surface area contributed by atoms with Gasteiger partial charge in [0.15, 0.2) is 5.60 Å². The number of carboxylic acid groups (broad SMARTS) is 1. The average molecular weight is 308 g/mol. The molecule has 22 heavy (non-hydrogen) atoms. The molecule has 0 radical (unpaired) electrons. The Morgan fingerprint density at radius 2 is 1.77 bits per heavy atom. The van der Waals surface area contributed by atoms with Gasteiger partial charge in [0.2, 0.25) is 5.91 Å². The summed E-state index contributed by atoms with van der Waals surface area (Å²) in [6.45, 7) is 6.09. The van der Waals surface area contributed by atoms with E-state index in [1.54, 1.807) is 0 Å². The third kappa shape index (κ3) is 4.54. The molecule has 2 unspecified atom stereocenters. The molecule has 6 nitrogen and oxygen atoms in total. The summed E-state index contributed by atoms with van der Waals surface area (Å²) in [5, 5.41) is 21.2. The van der Waals surface area contributed by atoms with Gasteiger partial charge >= 0.3 is 5.97 Å². The first-order valence-electron chi connectivity index (χ1n) is 7.36. The van der Waals surface area contributed by atoms with Crippen LogP contribution in [-0.4, -0.2) is 52.2 Å².